The zero-order valence-electron chi connectivity index (χ0n) is 5.64. The van der Waals surface area contributed by atoms with Crippen molar-refractivity contribution in [3.63, 3.8) is 0 Å². The van der Waals surface area contributed by atoms with E-state index in [9.17, 15) is 0 Å². The molecular weight excluding hydrogens is 108 g/mol. The van der Waals surface area contributed by atoms with E-state index in [1.54, 1.807) is 0 Å². The summed E-state index contributed by atoms with van der Waals surface area (Å²) in [4.78, 5) is 0. The van der Waals surface area contributed by atoms with E-state index >= 15 is 0 Å². The highest BCUT2D eigenvalue weighted by atomic mass is 14.6. The molecule has 48 valence electrons. The lowest BCUT2D eigenvalue weighted by Gasteiger charge is -2.10. The minimum Gasteiger partial charge on any atom is -0.0845 e. The maximum absolute atomic E-state index is 2.47. The molecule has 3 rings (SSSR count). The molecule has 0 heterocycles. The minimum atomic E-state index is 0.861. The molecule has 0 amide bonds. The second-order valence-corrected chi connectivity index (χ2v) is 3.91. The molecule has 2 atom stereocenters. The van der Waals surface area contributed by atoms with Crippen LogP contribution in [-0.2, 0) is 0 Å². The molecule has 2 fully saturated rings. The van der Waals surface area contributed by atoms with E-state index < -0.39 is 0 Å². The highest BCUT2D eigenvalue weighted by Gasteiger charge is 2.58. The van der Waals surface area contributed by atoms with Gasteiger partial charge in [0.25, 0.3) is 0 Å². The Morgan fingerprint density at radius 3 is 1.78 bits per heavy atom. The lowest BCUT2D eigenvalue weighted by atomic mass is 9.93. The van der Waals surface area contributed by atoms with E-state index in [1.165, 1.54) is 25.7 Å². The minimum absolute atomic E-state index is 0.861. The molecule has 0 aromatic carbocycles. The van der Waals surface area contributed by atoms with Gasteiger partial charge in [0, 0.05) is 0 Å². The van der Waals surface area contributed by atoms with Gasteiger partial charge in [0.05, 0.1) is 0 Å². The van der Waals surface area contributed by atoms with Crippen molar-refractivity contribution in [1.82, 2.24) is 0 Å². The Labute approximate surface area is 56.0 Å². The SMILES string of the molecule is C1=CC2CCC1C21CC1. The number of hydrogen-bond acceptors (Lipinski definition) is 0. The van der Waals surface area contributed by atoms with Crippen molar-refractivity contribution in [3.8, 4) is 0 Å². The maximum atomic E-state index is 2.47. The van der Waals surface area contributed by atoms with Gasteiger partial charge in [-0.2, -0.15) is 0 Å². The summed E-state index contributed by atoms with van der Waals surface area (Å²) in [5, 5.41) is 0. The summed E-state index contributed by atoms with van der Waals surface area (Å²) < 4.78 is 0. The van der Waals surface area contributed by atoms with E-state index in [0.29, 0.717) is 0 Å². The van der Waals surface area contributed by atoms with E-state index in [-0.39, 0.29) is 0 Å². The van der Waals surface area contributed by atoms with Gasteiger partial charge >= 0.3 is 0 Å². The first-order valence-electron chi connectivity index (χ1n) is 4.10. The highest BCUT2D eigenvalue weighted by Crippen LogP contribution is 2.68. The van der Waals surface area contributed by atoms with Crippen LogP contribution >= 0.6 is 0 Å². The summed E-state index contributed by atoms with van der Waals surface area (Å²) >= 11 is 0. The Morgan fingerprint density at radius 2 is 1.56 bits per heavy atom. The van der Waals surface area contributed by atoms with Crippen molar-refractivity contribution in [1.29, 1.82) is 0 Å². The largest absolute Gasteiger partial charge is 0.0845 e. The van der Waals surface area contributed by atoms with Crippen LogP contribution in [0.1, 0.15) is 25.7 Å². The van der Waals surface area contributed by atoms with Gasteiger partial charge in [0.1, 0.15) is 0 Å². The van der Waals surface area contributed by atoms with Crippen molar-refractivity contribution in [2.24, 2.45) is 17.3 Å². The fourth-order valence-electron chi connectivity index (χ4n) is 2.94. The summed E-state index contributed by atoms with van der Waals surface area (Å²) in [6, 6.07) is 0. The maximum Gasteiger partial charge on any atom is -0.0171 e. The van der Waals surface area contributed by atoms with Gasteiger partial charge in [0.2, 0.25) is 0 Å². The van der Waals surface area contributed by atoms with E-state index in [1.807, 2.05) is 0 Å². The van der Waals surface area contributed by atoms with E-state index in [0.717, 1.165) is 17.3 Å². The molecule has 2 bridgehead atoms. The predicted molar refractivity (Wildman–Crippen MR) is 37.0 cm³/mol. The quantitative estimate of drug-likeness (QED) is 0.430. The average molecular weight is 120 g/mol. The first-order chi connectivity index (χ1) is 4.42. The molecule has 0 aromatic rings. The van der Waals surface area contributed by atoms with Crippen LogP contribution in [0.4, 0.5) is 0 Å². The second-order valence-electron chi connectivity index (χ2n) is 3.91. The monoisotopic (exact) mass is 120 g/mol. The van der Waals surface area contributed by atoms with Gasteiger partial charge in [-0.05, 0) is 42.9 Å². The fourth-order valence-corrected chi connectivity index (χ4v) is 2.94. The first-order valence-corrected chi connectivity index (χ1v) is 4.10. The third-order valence-electron chi connectivity index (χ3n) is 3.67. The van der Waals surface area contributed by atoms with Crippen LogP contribution in [0.3, 0.4) is 0 Å². The van der Waals surface area contributed by atoms with Crippen LogP contribution in [0, 0.1) is 17.3 Å². The average Bonchev–Trinajstić information content (AvgIpc) is 2.53. The smallest absolute Gasteiger partial charge is 0.0171 e. The van der Waals surface area contributed by atoms with Crippen LogP contribution in [-0.4, -0.2) is 0 Å². The molecule has 0 aromatic heterocycles. The van der Waals surface area contributed by atoms with E-state index in [4.69, 9.17) is 0 Å². The molecule has 0 radical (unpaired) electrons. The molecule has 2 saturated carbocycles. The van der Waals surface area contributed by atoms with Crippen LogP contribution < -0.4 is 0 Å². The second kappa shape index (κ2) is 1.12. The number of allylic oxidation sites excluding steroid dienone is 2. The van der Waals surface area contributed by atoms with Crippen molar-refractivity contribution in [2.45, 2.75) is 25.7 Å². The van der Waals surface area contributed by atoms with Crippen molar-refractivity contribution >= 4 is 0 Å². The van der Waals surface area contributed by atoms with Gasteiger partial charge in [-0.3, -0.25) is 0 Å². The Hall–Kier alpha value is -0.260. The molecule has 2 unspecified atom stereocenters. The van der Waals surface area contributed by atoms with Gasteiger partial charge in [-0.1, -0.05) is 12.2 Å². The Morgan fingerprint density at radius 1 is 1.00 bits per heavy atom. The zero-order valence-corrected chi connectivity index (χ0v) is 5.64. The zero-order chi connectivity index (χ0) is 5.90. The Balaban J connectivity index is 2.10. The van der Waals surface area contributed by atoms with E-state index in [2.05, 4.69) is 12.2 Å². The first kappa shape index (κ1) is 4.54. The molecule has 0 heteroatoms. The summed E-state index contributed by atoms with van der Waals surface area (Å²) in [6.45, 7) is 0. The molecular formula is C9H12. The van der Waals surface area contributed by atoms with Gasteiger partial charge in [-0.15, -0.1) is 0 Å². The summed E-state index contributed by atoms with van der Waals surface area (Å²) in [5.74, 6) is 2.03. The van der Waals surface area contributed by atoms with Gasteiger partial charge < -0.3 is 0 Å². The number of hydrogen-bond donors (Lipinski definition) is 0. The van der Waals surface area contributed by atoms with Crippen molar-refractivity contribution in [2.75, 3.05) is 0 Å². The van der Waals surface area contributed by atoms with Gasteiger partial charge in [-0.25, -0.2) is 0 Å². The summed E-state index contributed by atoms with van der Waals surface area (Å²) in [5.41, 5.74) is 0.861. The molecule has 1 spiro atoms. The van der Waals surface area contributed by atoms with Crippen LogP contribution in [0.15, 0.2) is 12.2 Å². The lowest BCUT2D eigenvalue weighted by molar-refractivity contribution is 0.405. The third-order valence-corrected chi connectivity index (χ3v) is 3.67. The van der Waals surface area contributed by atoms with Crippen molar-refractivity contribution in [3.05, 3.63) is 12.2 Å². The van der Waals surface area contributed by atoms with Crippen molar-refractivity contribution < 1.29 is 0 Å². The molecule has 9 heavy (non-hydrogen) atoms. The van der Waals surface area contributed by atoms with Crippen LogP contribution in [0.5, 0.6) is 0 Å². The predicted octanol–water partition coefficient (Wildman–Crippen LogP) is 2.36. The Bertz CT molecular complexity index is 158. The molecule has 0 aliphatic heterocycles. The standard InChI is InChI=1S/C9H12/c1-2-8-4-3-7(1)9(8)5-6-9/h1-2,7-8H,3-6H2. The topological polar surface area (TPSA) is 0 Å². The molecule has 3 aliphatic carbocycles. The molecule has 0 N–H and O–H groups in total. The number of rotatable bonds is 0. The van der Waals surface area contributed by atoms with Crippen LogP contribution in [0.2, 0.25) is 0 Å². The highest BCUT2D eigenvalue weighted by molar-refractivity contribution is 5.23. The molecule has 0 nitrogen and oxygen atoms in total. The third kappa shape index (κ3) is 0.357. The lowest BCUT2D eigenvalue weighted by Crippen LogP contribution is -2.05. The van der Waals surface area contributed by atoms with Gasteiger partial charge in [0.15, 0.2) is 0 Å². The normalized spacial score (nSPS) is 48.9. The summed E-state index contributed by atoms with van der Waals surface area (Å²) in [6.07, 6.45) is 11.0. The fraction of sp³-hybridized carbons (Fsp3) is 0.778. The summed E-state index contributed by atoms with van der Waals surface area (Å²) in [7, 11) is 0. The molecule has 0 saturated heterocycles. The molecule has 3 aliphatic rings. The Kier molecular flexibility index (Phi) is 0.564. The van der Waals surface area contributed by atoms with Crippen LogP contribution in [0.25, 0.3) is 0 Å².